The minimum Gasteiger partial charge on any atom is -0.357 e. The SMILES string of the molecule is CCNC(=NCc1ccc(CN2CCCC2=O)cc1)NCC. The van der Waals surface area contributed by atoms with Gasteiger partial charge in [0.15, 0.2) is 5.96 Å². The van der Waals surface area contributed by atoms with Gasteiger partial charge in [-0.2, -0.15) is 0 Å². The Morgan fingerprint density at radius 2 is 1.77 bits per heavy atom. The van der Waals surface area contributed by atoms with Gasteiger partial charge >= 0.3 is 0 Å². The van der Waals surface area contributed by atoms with E-state index in [1.54, 1.807) is 0 Å². The molecule has 1 saturated heterocycles. The van der Waals surface area contributed by atoms with Crippen LogP contribution in [-0.4, -0.2) is 36.4 Å². The lowest BCUT2D eigenvalue weighted by Gasteiger charge is -2.15. The number of amides is 1. The van der Waals surface area contributed by atoms with Gasteiger partial charge in [0.1, 0.15) is 0 Å². The highest BCUT2D eigenvalue weighted by Gasteiger charge is 2.19. The molecule has 2 N–H and O–H groups in total. The topological polar surface area (TPSA) is 56.7 Å². The third-order valence-corrected chi connectivity index (χ3v) is 3.68. The molecule has 22 heavy (non-hydrogen) atoms. The van der Waals surface area contributed by atoms with Gasteiger partial charge in [-0.15, -0.1) is 0 Å². The predicted octanol–water partition coefficient (Wildman–Crippen LogP) is 1.88. The zero-order chi connectivity index (χ0) is 15.8. The molecule has 0 radical (unpaired) electrons. The molecule has 120 valence electrons. The van der Waals surface area contributed by atoms with Crippen LogP contribution in [0.1, 0.15) is 37.8 Å². The van der Waals surface area contributed by atoms with Gasteiger partial charge in [-0.1, -0.05) is 24.3 Å². The Balaban J connectivity index is 1.90. The summed E-state index contributed by atoms with van der Waals surface area (Å²) >= 11 is 0. The first-order valence-corrected chi connectivity index (χ1v) is 8.10. The monoisotopic (exact) mass is 302 g/mol. The van der Waals surface area contributed by atoms with Gasteiger partial charge in [0, 0.05) is 32.6 Å². The maximum absolute atomic E-state index is 11.6. The smallest absolute Gasteiger partial charge is 0.222 e. The molecule has 0 saturated carbocycles. The Bertz CT molecular complexity index is 502. The highest BCUT2D eigenvalue weighted by molar-refractivity contribution is 5.79. The van der Waals surface area contributed by atoms with Crippen LogP contribution in [0.3, 0.4) is 0 Å². The zero-order valence-electron chi connectivity index (χ0n) is 13.6. The first-order chi connectivity index (χ1) is 10.7. The molecule has 0 aromatic heterocycles. The summed E-state index contributed by atoms with van der Waals surface area (Å²) in [4.78, 5) is 18.1. The first-order valence-electron chi connectivity index (χ1n) is 8.10. The van der Waals surface area contributed by atoms with Crippen molar-refractivity contribution < 1.29 is 4.79 Å². The summed E-state index contributed by atoms with van der Waals surface area (Å²) in [7, 11) is 0. The molecule has 1 heterocycles. The Kier molecular flexibility index (Phi) is 6.25. The fourth-order valence-corrected chi connectivity index (χ4v) is 2.52. The fourth-order valence-electron chi connectivity index (χ4n) is 2.52. The van der Waals surface area contributed by atoms with E-state index < -0.39 is 0 Å². The first kappa shape index (κ1) is 16.3. The third kappa shape index (κ3) is 4.76. The summed E-state index contributed by atoms with van der Waals surface area (Å²) in [5.74, 6) is 1.12. The molecule has 0 unspecified atom stereocenters. The van der Waals surface area contributed by atoms with Crippen molar-refractivity contribution in [2.75, 3.05) is 19.6 Å². The lowest BCUT2D eigenvalue weighted by molar-refractivity contribution is -0.128. The van der Waals surface area contributed by atoms with Crippen molar-refractivity contribution in [3.8, 4) is 0 Å². The van der Waals surface area contributed by atoms with Gasteiger partial charge in [0.25, 0.3) is 0 Å². The molecule has 0 bridgehead atoms. The number of rotatable bonds is 6. The number of benzene rings is 1. The van der Waals surface area contributed by atoms with Crippen LogP contribution in [0.15, 0.2) is 29.3 Å². The second-order valence-electron chi connectivity index (χ2n) is 5.46. The van der Waals surface area contributed by atoms with Crippen LogP contribution in [0.5, 0.6) is 0 Å². The predicted molar refractivity (Wildman–Crippen MR) is 89.6 cm³/mol. The number of aliphatic imine (C=N–C) groups is 1. The Morgan fingerprint density at radius 1 is 1.14 bits per heavy atom. The average molecular weight is 302 g/mol. The maximum Gasteiger partial charge on any atom is 0.222 e. The maximum atomic E-state index is 11.6. The highest BCUT2D eigenvalue weighted by Crippen LogP contribution is 2.15. The van der Waals surface area contributed by atoms with Crippen molar-refractivity contribution in [2.24, 2.45) is 4.99 Å². The summed E-state index contributed by atoms with van der Waals surface area (Å²) in [6.45, 7) is 8.09. The van der Waals surface area contributed by atoms with E-state index in [-0.39, 0.29) is 5.91 Å². The summed E-state index contributed by atoms with van der Waals surface area (Å²) < 4.78 is 0. The molecule has 0 atom stereocenters. The van der Waals surface area contributed by atoms with Crippen molar-refractivity contribution in [3.63, 3.8) is 0 Å². The average Bonchev–Trinajstić information content (AvgIpc) is 2.92. The van der Waals surface area contributed by atoms with Crippen molar-refractivity contribution >= 4 is 11.9 Å². The molecule has 1 amide bonds. The largest absolute Gasteiger partial charge is 0.357 e. The Morgan fingerprint density at radius 3 is 2.32 bits per heavy atom. The molecule has 5 heteroatoms. The molecule has 0 spiro atoms. The van der Waals surface area contributed by atoms with Gasteiger partial charge in [0.05, 0.1) is 6.54 Å². The Hall–Kier alpha value is -2.04. The van der Waals surface area contributed by atoms with E-state index >= 15 is 0 Å². The molecule has 1 aromatic rings. The van der Waals surface area contributed by atoms with Crippen LogP contribution >= 0.6 is 0 Å². The summed E-state index contributed by atoms with van der Waals surface area (Å²) in [5, 5.41) is 6.43. The summed E-state index contributed by atoms with van der Waals surface area (Å²) in [6, 6.07) is 8.37. The van der Waals surface area contributed by atoms with E-state index in [2.05, 4.69) is 53.7 Å². The van der Waals surface area contributed by atoms with Gasteiger partial charge in [-0.3, -0.25) is 4.79 Å². The van der Waals surface area contributed by atoms with E-state index in [1.165, 1.54) is 11.1 Å². The number of hydrogen-bond acceptors (Lipinski definition) is 2. The van der Waals surface area contributed by atoms with Crippen LogP contribution in [0.25, 0.3) is 0 Å². The van der Waals surface area contributed by atoms with Crippen molar-refractivity contribution in [2.45, 2.75) is 39.8 Å². The van der Waals surface area contributed by atoms with Crippen molar-refractivity contribution in [1.82, 2.24) is 15.5 Å². The molecule has 1 fully saturated rings. The number of guanidine groups is 1. The third-order valence-electron chi connectivity index (χ3n) is 3.68. The van der Waals surface area contributed by atoms with Crippen LogP contribution in [-0.2, 0) is 17.9 Å². The molecule has 0 aliphatic carbocycles. The lowest BCUT2D eigenvalue weighted by atomic mass is 10.1. The quantitative estimate of drug-likeness (QED) is 0.623. The molecule has 1 aromatic carbocycles. The molecular weight excluding hydrogens is 276 g/mol. The van der Waals surface area contributed by atoms with Gasteiger partial charge in [-0.05, 0) is 31.4 Å². The number of carbonyl (C=O) groups excluding carboxylic acids is 1. The van der Waals surface area contributed by atoms with Gasteiger partial charge in [-0.25, -0.2) is 4.99 Å². The number of carbonyl (C=O) groups is 1. The fraction of sp³-hybridized carbons (Fsp3) is 0.529. The summed E-state index contributed by atoms with van der Waals surface area (Å²) in [6.07, 6.45) is 1.69. The normalized spacial score (nSPS) is 14.1. The minimum absolute atomic E-state index is 0.273. The van der Waals surface area contributed by atoms with Gasteiger partial charge < -0.3 is 15.5 Å². The van der Waals surface area contributed by atoms with E-state index in [0.717, 1.165) is 38.6 Å². The highest BCUT2D eigenvalue weighted by atomic mass is 16.2. The Labute approximate surface area is 132 Å². The molecule has 2 rings (SSSR count). The van der Waals surface area contributed by atoms with E-state index in [0.29, 0.717) is 13.0 Å². The molecule has 1 aliphatic rings. The second kappa shape index (κ2) is 8.41. The van der Waals surface area contributed by atoms with E-state index in [4.69, 9.17) is 0 Å². The van der Waals surface area contributed by atoms with Gasteiger partial charge in [0.2, 0.25) is 5.91 Å². The minimum atomic E-state index is 0.273. The second-order valence-corrected chi connectivity index (χ2v) is 5.46. The summed E-state index contributed by atoms with van der Waals surface area (Å²) in [5.41, 5.74) is 2.35. The van der Waals surface area contributed by atoms with Crippen LogP contribution in [0.4, 0.5) is 0 Å². The van der Waals surface area contributed by atoms with E-state index in [9.17, 15) is 4.79 Å². The molecule has 5 nitrogen and oxygen atoms in total. The molecular formula is C17H26N4O. The van der Waals surface area contributed by atoms with E-state index in [1.807, 2.05) is 4.90 Å². The van der Waals surface area contributed by atoms with Crippen molar-refractivity contribution in [1.29, 1.82) is 0 Å². The molecule has 1 aliphatic heterocycles. The van der Waals surface area contributed by atoms with Crippen LogP contribution in [0.2, 0.25) is 0 Å². The lowest BCUT2D eigenvalue weighted by Crippen LogP contribution is -2.36. The number of hydrogen-bond donors (Lipinski definition) is 2. The number of likely N-dealkylation sites (tertiary alicyclic amines) is 1. The number of nitrogens with one attached hydrogen (secondary N) is 2. The number of nitrogens with zero attached hydrogens (tertiary/aromatic N) is 2. The zero-order valence-corrected chi connectivity index (χ0v) is 13.6. The van der Waals surface area contributed by atoms with Crippen LogP contribution in [0, 0.1) is 0 Å². The van der Waals surface area contributed by atoms with Crippen LogP contribution < -0.4 is 10.6 Å². The standard InChI is InChI=1S/C17H26N4O/c1-3-18-17(19-4-2)20-12-14-7-9-15(10-8-14)13-21-11-5-6-16(21)22/h7-10H,3-6,11-13H2,1-2H3,(H2,18,19,20). The van der Waals surface area contributed by atoms with Crippen molar-refractivity contribution in [3.05, 3.63) is 35.4 Å².